The smallest absolute Gasteiger partial charge is 0.0692 e. The minimum Gasteiger partial charge on any atom is -0.314 e. The van der Waals surface area contributed by atoms with Gasteiger partial charge < -0.3 is 5.32 Å². The number of aromatic nitrogens is 3. The van der Waals surface area contributed by atoms with Crippen LogP contribution >= 0.6 is 0 Å². The molecule has 1 aliphatic carbocycles. The fraction of sp³-hybridized carbons (Fsp3) is 0.875. The Hall–Kier alpha value is -0.900. The Bertz CT molecular complexity index is 366. The van der Waals surface area contributed by atoms with Crippen molar-refractivity contribution >= 4 is 0 Å². The summed E-state index contributed by atoms with van der Waals surface area (Å²) in [6, 6.07) is 0.720. The Labute approximate surface area is 123 Å². The van der Waals surface area contributed by atoms with E-state index < -0.39 is 0 Å². The van der Waals surface area contributed by atoms with Gasteiger partial charge in [0.05, 0.1) is 6.20 Å². The normalized spacial score (nSPS) is 24.6. The average molecular weight is 278 g/mol. The quantitative estimate of drug-likeness (QED) is 0.664. The molecule has 2 atom stereocenters. The zero-order chi connectivity index (χ0) is 14.4. The van der Waals surface area contributed by atoms with Crippen LogP contribution in [0.1, 0.15) is 59.3 Å². The van der Waals surface area contributed by atoms with Crippen molar-refractivity contribution in [2.75, 3.05) is 6.54 Å². The molecular formula is C16H30N4. The Kier molecular flexibility index (Phi) is 5.58. The van der Waals surface area contributed by atoms with Gasteiger partial charge >= 0.3 is 0 Å². The number of hydrogen-bond acceptors (Lipinski definition) is 3. The Morgan fingerprint density at radius 1 is 1.20 bits per heavy atom. The molecule has 1 N–H and O–H groups in total. The van der Waals surface area contributed by atoms with E-state index >= 15 is 0 Å². The van der Waals surface area contributed by atoms with Crippen molar-refractivity contribution in [3.05, 3.63) is 12.4 Å². The van der Waals surface area contributed by atoms with Crippen molar-refractivity contribution < 1.29 is 0 Å². The Morgan fingerprint density at radius 2 is 2.05 bits per heavy atom. The highest BCUT2D eigenvalue weighted by Crippen LogP contribution is 2.36. The van der Waals surface area contributed by atoms with Crippen LogP contribution in [0.25, 0.3) is 0 Å². The first kappa shape index (κ1) is 15.5. The van der Waals surface area contributed by atoms with E-state index in [0.717, 1.165) is 31.5 Å². The van der Waals surface area contributed by atoms with Gasteiger partial charge in [-0.2, -0.15) is 0 Å². The Balaban J connectivity index is 1.64. The third-order valence-electron chi connectivity index (χ3n) is 4.66. The van der Waals surface area contributed by atoms with Gasteiger partial charge in [0.1, 0.15) is 0 Å². The van der Waals surface area contributed by atoms with E-state index in [1.165, 1.54) is 32.1 Å². The predicted octanol–water partition coefficient (Wildman–Crippen LogP) is 3.25. The lowest BCUT2D eigenvalue weighted by Gasteiger charge is -2.29. The molecular weight excluding hydrogens is 248 g/mol. The van der Waals surface area contributed by atoms with E-state index in [1.54, 1.807) is 6.20 Å². The van der Waals surface area contributed by atoms with E-state index in [-0.39, 0.29) is 0 Å². The van der Waals surface area contributed by atoms with Gasteiger partial charge in [0.2, 0.25) is 0 Å². The fourth-order valence-corrected chi connectivity index (χ4v) is 3.27. The molecule has 0 saturated heterocycles. The van der Waals surface area contributed by atoms with Crippen LogP contribution < -0.4 is 5.32 Å². The molecule has 2 rings (SSSR count). The molecule has 4 heteroatoms. The van der Waals surface area contributed by atoms with Crippen molar-refractivity contribution in [3.8, 4) is 0 Å². The van der Waals surface area contributed by atoms with Crippen LogP contribution in [0.15, 0.2) is 12.4 Å². The van der Waals surface area contributed by atoms with Gasteiger partial charge in [-0.05, 0) is 50.0 Å². The highest BCUT2D eigenvalue weighted by Gasteiger charge is 2.27. The maximum atomic E-state index is 3.99. The summed E-state index contributed by atoms with van der Waals surface area (Å²) in [5.74, 6) is 0.893. The molecule has 2 unspecified atom stereocenters. The van der Waals surface area contributed by atoms with Gasteiger partial charge in [-0.1, -0.05) is 32.4 Å². The Morgan fingerprint density at radius 3 is 2.75 bits per heavy atom. The zero-order valence-electron chi connectivity index (χ0n) is 13.3. The van der Waals surface area contributed by atoms with Gasteiger partial charge in [0, 0.05) is 18.8 Å². The minimum absolute atomic E-state index is 0.474. The molecule has 20 heavy (non-hydrogen) atoms. The van der Waals surface area contributed by atoms with Crippen molar-refractivity contribution in [1.82, 2.24) is 20.3 Å². The summed E-state index contributed by atoms with van der Waals surface area (Å²) in [6.07, 6.45) is 11.6. The van der Waals surface area contributed by atoms with Crippen LogP contribution in [0.3, 0.4) is 0 Å². The van der Waals surface area contributed by atoms with E-state index in [9.17, 15) is 0 Å². The van der Waals surface area contributed by atoms with Gasteiger partial charge in [-0.3, -0.25) is 4.68 Å². The van der Waals surface area contributed by atoms with E-state index in [1.807, 2.05) is 10.9 Å². The molecule has 1 fully saturated rings. The standard InChI is InChI=1S/C16H30N4/c1-16(2,3)14-6-4-7-15(9-8-14)17-10-5-12-20-13-11-18-19-20/h11,13-15,17H,4-10,12H2,1-3H3. The second-order valence-electron chi connectivity index (χ2n) is 7.24. The third kappa shape index (κ3) is 4.89. The van der Waals surface area contributed by atoms with Crippen molar-refractivity contribution in [1.29, 1.82) is 0 Å². The first-order valence-electron chi connectivity index (χ1n) is 8.13. The first-order valence-corrected chi connectivity index (χ1v) is 8.13. The molecule has 0 aromatic carbocycles. The molecule has 0 bridgehead atoms. The van der Waals surface area contributed by atoms with Crippen molar-refractivity contribution in [3.63, 3.8) is 0 Å². The zero-order valence-corrected chi connectivity index (χ0v) is 13.3. The number of nitrogens with one attached hydrogen (secondary N) is 1. The summed E-state index contributed by atoms with van der Waals surface area (Å²) < 4.78 is 1.91. The fourth-order valence-electron chi connectivity index (χ4n) is 3.27. The summed E-state index contributed by atoms with van der Waals surface area (Å²) in [6.45, 7) is 9.23. The van der Waals surface area contributed by atoms with Crippen LogP contribution in [-0.2, 0) is 6.54 Å². The molecule has 114 valence electrons. The van der Waals surface area contributed by atoms with Crippen LogP contribution in [0.2, 0.25) is 0 Å². The maximum absolute atomic E-state index is 3.99. The lowest BCUT2D eigenvalue weighted by Crippen LogP contribution is -2.30. The van der Waals surface area contributed by atoms with E-state index in [2.05, 4.69) is 36.4 Å². The SMILES string of the molecule is CC(C)(C)C1CCCC(NCCCn2ccnn2)CC1. The monoisotopic (exact) mass is 278 g/mol. The molecule has 1 aromatic heterocycles. The number of hydrogen-bond donors (Lipinski definition) is 1. The number of aryl methyl sites for hydroxylation is 1. The number of rotatable bonds is 5. The summed E-state index contributed by atoms with van der Waals surface area (Å²) in [5, 5.41) is 11.6. The largest absolute Gasteiger partial charge is 0.314 e. The van der Waals surface area contributed by atoms with Crippen LogP contribution in [0.4, 0.5) is 0 Å². The summed E-state index contributed by atoms with van der Waals surface area (Å²) >= 11 is 0. The molecule has 0 spiro atoms. The summed E-state index contributed by atoms with van der Waals surface area (Å²) in [5.41, 5.74) is 0.474. The molecule has 1 heterocycles. The van der Waals surface area contributed by atoms with Crippen LogP contribution in [0.5, 0.6) is 0 Å². The molecule has 1 aliphatic rings. The topological polar surface area (TPSA) is 42.7 Å². The molecule has 1 saturated carbocycles. The van der Waals surface area contributed by atoms with Crippen LogP contribution in [-0.4, -0.2) is 27.6 Å². The highest BCUT2D eigenvalue weighted by atomic mass is 15.4. The molecule has 0 amide bonds. The first-order chi connectivity index (χ1) is 9.55. The summed E-state index contributed by atoms with van der Waals surface area (Å²) in [4.78, 5) is 0. The average Bonchev–Trinajstić information content (AvgIpc) is 2.77. The van der Waals surface area contributed by atoms with E-state index in [0.29, 0.717) is 5.41 Å². The minimum atomic E-state index is 0.474. The van der Waals surface area contributed by atoms with E-state index in [4.69, 9.17) is 0 Å². The highest BCUT2D eigenvalue weighted by molar-refractivity contribution is 4.81. The van der Waals surface area contributed by atoms with Gasteiger partial charge in [-0.15, -0.1) is 5.10 Å². The lowest BCUT2D eigenvalue weighted by atomic mass is 9.76. The third-order valence-corrected chi connectivity index (χ3v) is 4.66. The maximum Gasteiger partial charge on any atom is 0.0692 e. The van der Waals surface area contributed by atoms with Gasteiger partial charge in [-0.25, -0.2) is 0 Å². The second kappa shape index (κ2) is 7.21. The van der Waals surface area contributed by atoms with Gasteiger partial charge in [0.25, 0.3) is 0 Å². The number of nitrogens with zero attached hydrogens (tertiary/aromatic N) is 3. The summed E-state index contributed by atoms with van der Waals surface area (Å²) in [7, 11) is 0. The van der Waals surface area contributed by atoms with Gasteiger partial charge in [0.15, 0.2) is 0 Å². The van der Waals surface area contributed by atoms with Crippen LogP contribution in [0, 0.1) is 11.3 Å². The lowest BCUT2D eigenvalue weighted by molar-refractivity contribution is 0.213. The molecule has 0 aliphatic heterocycles. The second-order valence-corrected chi connectivity index (χ2v) is 7.24. The molecule has 0 radical (unpaired) electrons. The molecule has 1 aromatic rings. The predicted molar refractivity (Wildman–Crippen MR) is 82.5 cm³/mol. The van der Waals surface area contributed by atoms with Crippen molar-refractivity contribution in [2.24, 2.45) is 11.3 Å². The molecule has 4 nitrogen and oxygen atoms in total. The van der Waals surface area contributed by atoms with Crippen molar-refractivity contribution in [2.45, 2.75) is 71.9 Å².